The van der Waals surface area contributed by atoms with Gasteiger partial charge in [0.25, 0.3) is 0 Å². The lowest BCUT2D eigenvalue weighted by atomic mass is 9.98. The summed E-state index contributed by atoms with van der Waals surface area (Å²) >= 11 is 0. The molecule has 3 rings (SSSR count). The van der Waals surface area contributed by atoms with Crippen molar-refractivity contribution < 1.29 is 9.90 Å². The minimum absolute atomic E-state index is 0.311. The number of rotatable bonds is 3. The summed E-state index contributed by atoms with van der Waals surface area (Å²) in [6.07, 6.45) is 3.35. The SMILES string of the molecule is O=C(O)C1CCCN(c2ccnc(-c3ccccc3)n2)C1. The van der Waals surface area contributed by atoms with Crippen LogP contribution in [0.5, 0.6) is 0 Å². The Kier molecular flexibility index (Phi) is 3.81. The van der Waals surface area contributed by atoms with E-state index in [1.165, 1.54) is 0 Å². The summed E-state index contributed by atoms with van der Waals surface area (Å²) in [6.45, 7) is 1.36. The number of carbonyl (C=O) groups is 1. The third-order valence-corrected chi connectivity index (χ3v) is 3.77. The van der Waals surface area contributed by atoms with Crippen molar-refractivity contribution in [2.45, 2.75) is 12.8 Å². The van der Waals surface area contributed by atoms with E-state index in [0.29, 0.717) is 12.4 Å². The number of benzene rings is 1. The Bertz CT molecular complexity index is 630. The van der Waals surface area contributed by atoms with Gasteiger partial charge < -0.3 is 10.0 Å². The summed E-state index contributed by atoms with van der Waals surface area (Å²) in [5.74, 6) is 0.436. The van der Waals surface area contributed by atoms with Crippen molar-refractivity contribution in [3.8, 4) is 11.4 Å². The molecule has 1 aliphatic heterocycles. The normalized spacial score (nSPS) is 18.5. The van der Waals surface area contributed by atoms with E-state index >= 15 is 0 Å². The molecule has 0 bridgehead atoms. The number of anilines is 1. The molecular formula is C16H17N3O2. The molecule has 0 saturated carbocycles. The van der Waals surface area contributed by atoms with Crippen LogP contribution in [0.15, 0.2) is 42.6 Å². The van der Waals surface area contributed by atoms with Gasteiger partial charge in [-0.1, -0.05) is 30.3 Å². The molecule has 1 unspecified atom stereocenters. The van der Waals surface area contributed by atoms with Crippen LogP contribution in [-0.4, -0.2) is 34.1 Å². The molecule has 1 aromatic carbocycles. The van der Waals surface area contributed by atoms with Gasteiger partial charge in [-0.3, -0.25) is 4.79 Å². The molecule has 21 heavy (non-hydrogen) atoms. The number of carboxylic acid groups (broad SMARTS) is 1. The summed E-state index contributed by atoms with van der Waals surface area (Å²) < 4.78 is 0. The van der Waals surface area contributed by atoms with Crippen molar-refractivity contribution in [3.05, 3.63) is 42.6 Å². The second-order valence-corrected chi connectivity index (χ2v) is 5.23. The van der Waals surface area contributed by atoms with E-state index in [9.17, 15) is 9.90 Å². The maximum atomic E-state index is 11.2. The smallest absolute Gasteiger partial charge is 0.308 e. The van der Waals surface area contributed by atoms with E-state index < -0.39 is 5.97 Å². The Morgan fingerprint density at radius 1 is 1.24 bits per heavy atom. The highest BCUT2D eigenvalue weighted by Gasteiger charge is 2.26. The fraction of sp³-hybridized carbons (Fsp3) is 0.312. The highest BCUT2D eigenvalue weighted by Crippen LogP contribution is 2.23. The van der Waals surface area contributed by atoms with Crippen LogP contribution in [0.1, 0.15) is 12.8 Å². The van der Waals surface area contributed by atoms with Crippen LogP contribution in [0.2, 0.25) is 0 Å². The van der Waals surface area contributed by atoms with Gasteiger partial charge in [0.05, 0.1) is 5.92 Å². The first-order valence-electron chi connectivity index (χ1n) is 7.10. The zero-order valence-corrected chi connectivity index (χ0v) is 11.6. The van der Waals surface area contributed by atoms with Gasteiger partial charge in [-0.05, 0) is 18.9 Å². The number of carboxylic acids is 1. The fourth-order valence-corrected chi connectivity index (χ4v) is 2.64. The number of hydrogen-bond donors (Lipinski definition) is 1. The van der Waals surface area contributed by atoms with Crippen molar-refractivity contribution in [1.82, 2.24) is 9.97 Å². The van der Waals surface area contributed by atoms with Crippen LogP contribution < -0.4 is 4.90 Å². The molecule has 2 heterocycles. The summed E-state index contributed by atoms with van der Waals surface area (Å²) in [7, 11) is 0. The molecule has 0 aliphatic carbocycles. The molecule has 1 saturated heterocycles. The number of hydrogen-bond acceptors (Lipinski definition) is 4. The van der Waals surface area contributed by atoms with Crippen LogP contribution in [0.25, 0.3) is 11.4 Å². The Hall–Kier alpha value is -2.43. The predicted molar refractivity (Wildman–Crippen MR) is 80.0 cm³/mol. The summed E-state index contributed by atoms with van der Waals surface area (Å²) in [5, 5.41) is 9.18. The summed E-state index contributed by atoms with van der Waals surface area (Å²) in [4.78, 5) is 22.1. The van der Waals surface area contributed by atoms with Gasteiger partial charge in [0.1, 0.15) is 5.82 Å². The monoisotopic (exact) mass is 283 g/mol. The first kappa shape index (κ1) is 13.5. The van der Waals surface area contributed by atoms with Gasteiger partial charge in [0, 0.05) is 24.8 Å². The van der Waals surface area contributed by atoms with E-state index in [2.05, 4.69) is 9.97 Å². The fourth-order valence-electron chi connectivity index (χ4n) is 2.64. The van der Waals surface area contributed by atoms with Gasteiger partial charge in [0.15, 0.2) is 5.82 Å². The Balaban J connectivity index is 1.84. The lowest BCUT2D eigenvalue weighted by molar-refractivity contribution is -0.141. The topological polar surface area (TPSA) is 66.3 Å². The number of nitrogens with zero attached hydrogens (tertiary/aromatic N) is 3. The van der Waals surface area contributed by atoms with Crippen molar-refractivity contribution in [2.24, 2.45) is 5.92 Å². The number of aliphatic carboxylic acids is 1. The number of aromatic nitrogens is 2. The van der Waals surface area contributed by atoms with Crippen LogP contribution in [0, 0.1) is 5.92 Å². The third kappa shape index (κ3) is 3.02. The maximum absolute atomic E-state index is 11.2. The highest BCUT2D eigenvalue weighted by molar-refractivity contribution is 5.71. The molecule has 1 atom stereocenters. The molecule has 0 radical (unpaired) electrons. The van der Waals surface area contributed by atoms with E-state index in [1.807, 2.05) is 41.3 Å². The highest BCUT2D eigenvalue weighted by atomic mass is 16.4. The lowest BCUT2D eigenvalue weighted by Crippen LogP contribution is -2.39. The molecule has 1 fully saturated rings. The predicted octanol–water partition coefficient (Wildman–Crippen LogP) is 2.44. The minimum Gasteiger partial charge on any atom is -0.481 e. The summed E-state index contributed by atoms with van der Waals surface area (Å²) in [6, 6.07) is 11.6. The maximum Gasteiger partial charge on any atom is 0.308 e. The van der Waals surface area contributed by atoms with E-state index in [-0.39, 0.29) is 5.92 Å². The van der Waals surface area contributed by atoms with Crippen LogP contribution >= 0.6 is 0 Å². The van der Waals surface area contributed by atoms with Crippen molar-refractivity contribution in [1.29, 1.82) is 0 Å². The first-order chi connectivity index (χ1) is 10.2. The van der Waals surface area contributed by atoms with Crippen LogP contribution in [0.3, 0.4) is 0 Å². The van der Waals surface area contributed by atoms with Gasteiger partial charge in [0.2, 0.25) is 0 Å². The quantitative estimate of drug-likeness (QED) is 0.937. The Labute approximate surface area is 123 Å². The molecule has 5 nitrogen and oxygen atoms in total. The van der Waals surface area contributed by atoms with E-state index in [4.69, 9.17) is 0 Å². The van der Waals surface area contributed by atoms with Gasteiger partial charge >= 0.3 is 5.97 Å². The second-order valence-electron chi connectivity index (χ2n) is 5.23. The molecule has 0 spiro atoms. The van der Waals surface area contributed by atoms with Crippen LogP contribution in [0.4, 0.5) is 5.82 Å². The average molecular weight is 283 g/mol. The average Bonchev–Trinajstić information content (AvgIpc) is 2.56. The van der Waals surface area contributed by atoms with Crippen molar-refractivity contribution in [3.63, 3.8) is 0 Å². The third-order valence-electron chi connectivity index (χ3n) is 3.77. The lowest BCUT2D eigenvalue weighted by Gasteiger charge is -2.31. The minimum atomic E-state index is -0.725. The second kappa shape index (κ2) is 5.91. The van der Waals surface area contributed by atoms with Crippen LogP contribution in [-0.2, 0) is 4.79 Å². The molecule has 5 heteroatoms. The van der Waals surface area contributed by atoms with Gasteiger partial charge in [-0.25, -0.2) is 9.97 Å². The molecule has 108 valence electrons. The molecule has 1 aromatic heterocycles. The molecular weight excluding hydrogens is 266 g/mol. The van der Waals surface area contributed by atoms with Gasteiger partial charge in [-0.15, -0.1) is 0 Å². The zero-order chi connectivity index (χ0) is 14.7. The molecule has 2 aromatic rings. The number of piperidine rings is 1. The molecule has 1 N–H and O–H groups in total. The van der Waals surface area contributed by atoms with E-state index in [1.54, 1.807) is 6.20 Å². The van der Waals surface area contributed by atoms with Crippen molar-refractivity contribution >= 4 is 11.8 Å². The van der Waals surface area contributed by atoms with E-state index in [0.717, 1.165) is 30.8 Å². The standard InChI is InChI=1S/C16H17N3O2/c20-16(21)13-7-4-10-19(11-13)14-8-9-17-15(18-14)12-5-2-1-3-6-12/h1-3,5-6,8-9,13H,4,7,10-11H2,(H,20,21). The molecule has 0 amide bonds. The van der Waals surface area contributed by atoms with Gasteiger partial charge in [-0.2, -0.15) is 0 Å². The van der Waals surface area contributed by atoms with Crippen molar-refractivity contribution in [2.75, 3.05) is 18.0 Å². The summed E-state index contributed by atoms with van der Waals surface area (Å²) in [5.41, 5.74) is 0.964. The Morgan fingerprint density at radius 3 is 2.81 bits per heavy atom. The largest absolute Gasteiger partial charge is 0.481 e. The first-order valence-corrected chi connectivity index (χ1v) is 7.10. The molecule has 1 aliphatic rings. The zero-order valence-electron chi connectivity index (χ0n) is 11.6. The Morgan fingerprint density at radius 2 is 2.05 bits per heavy atom.